The van der Waals surface area contributed by atoms with Crippen LogP contribution in [0.5, 0.6) is 5.88 Å². The van der Waals surface area contributed by atoms with E-state index in [0.29, 0.717) is 17.9 Å². The summed E-state index contributed by atoms with van der Waals surface area (Å²) in [5.74, 6) is 0.681. The number of ether oxygens (including phenoxy) is 2. The molecule has 128 valence electrons. The highest BCUT2D eigenvalue weighted by atomic mass is 32.1. The Morgan fingerprint density at radius 1 is 1.25 bits per heavy atom. The van der Waals surface area contributed by atoms with Gasteiger partial charge >= 0.3 is 0 Å². The molecule has 2 fully saturated rings. The van der Waals surface area contributed by atoms with E-state index in [9.17, 15) is 0 Å². The molecule has 4 heterocycles. The smallest absolute Gasteiger partial charge is 0.213 e. The third-order valence-electron chi connectivity index (χ3n) is 5.10. The van der Waals surface area contributed by atoms with Crippen LogP contribution < -0.4 is 4.74 Å². The van der Waals surface area contributed by atoms with Gasteiger partial charge in [-0.1, -0.05) is 6.07 Å². The van der Waals surface area contributed by atoms with Crippen LogP contribution in [0.15, 0.2) is 36.0 Å². The van der Waals surface area contributed by atoms with Gasteiger partial charge < -0.3 is 9.47 Å². The molecule has 6 heteroatoms. The zero-order valence-corrected chi connectivity index (χ0v) is 14.6. The number of piperidine rings is 1. The summed E-state index contributed by atoms with van der Waals surface area (Å²) in [5, 5.41) is 3.27. The monoisotopic (exact) mass is 345 g/mol. The lowest BCUT2D eigenvalue weighted by Crippen LogP contribution is -2.40. The van der Waals surface area contributed by atoms with Crippen LogP contribution in [-0.2, 0) is 11.3 Å². The first kappa shape index (κ1) is 16.0. The molecule has 0 aliphatic carbocycles. The van der Waals surface area contributed by atoms with E-state index < -0.39 is 0 Å². The van der Waals surface area contributed by atoms with Crippen molar-refractivity contribution in [2.45, 2.75) is 31.9 Å². The van der Waals surface area contributed by atoms with E-state index in [1.165, 1.54) is 17.8 Å². The summed E-state index contributed by atoms with van der Waals surface area (Å²) >= 11 is 1.75. The molecule has 0 saturated carbocycles. The highest BCUT2D eigenvalue weighted by Gasteiger charge is 2.42. The van der Waals surface area contributed by atoms with Gasteiger partial charge in [0.2, 0.25) is 5.88 Å². The number of thiazole rings is 1. The molecule has 0 N–H and O–H groups in total. The minimum absolute atomic E-state index is 0.192. The Balaban J connectivity index is 1.24. The highest BCUT2D eigenvalue weighted by Crippen LogP contribution is 2.42. The van der Waals surface area contributed by atoms with Crippen LogP contribution in [0.2, 0.25) is 0 Å². The lowest BCUT2D eigenvalue weighted by molar-refractivity contribution is 0.0462. The largest absolute Gasteiger partial charge is 0.475 e. The van der Waals surface area contributed by atoms with Crippen molar-refractivity contribution in [3.05, 3.63) is 41.0 Å². The summed E-state index contributed by atoms with van der Waals surface area (Å²) in [5.41, 5.74) is 0.345. The van der Waals surface area contributed by atoms with Crippen LogP contribution in [0.25, 0.3) is 0 Å². The number of nitrogens with zero attached hydrogens (tertiary/aromatic N) is 3. The summed E-state index contributed by atoms with van der Waals surface area (Å²) in [4.78, 5) is 11.1. The molecule has 0 bridgehead atoms. The van der Waals surface area contributed by atoms with Crippen molar-refractivity contribution in [1.29, 1.82) is 0 Å². The second kappa shape index (κ2) is 7.17. The molecule has 2 aromatic heterocycles. The van der Waals surface area contributed by atoms with Crippen LogP contribution in [0.1, 0.15) is 24.3 Å². The van der Waals surface area contributed by atoms with Crippen molar-refractivity contribution in [1.82, 2.24) is 14.9 Å². The minimum Gasteiger partial charge on any atom is -0.475 e. The van der Waals surface area contributed by atoms with Crippen LogP contribution in [-0.4, -0.2) is 47.3 Å². The fourth-order valence-electron chi connectivity index (χ4n) is 3.67. The zero-order valence-electron chi connectivity index (χ0n) is 13.8. The lowest BCUT2D eigenvalue weighted by Gasteiger charge is -2.38. The zero-order chi connectivity index (χ0) is 16.2. The number of hydrogen-bond donors (Lipinski definition) is 0. The molecule has 0 aromatic carbocycles. The average Bonchev–Trinajstić information content (AvgIpc) is 3.27. The summed E-state index contributed by atoms with van der Waals surface area (Å²) in [6.45, 7) is 4.73. The standard InChI is InChI=1S/C18H23N3O2S/c1-2-6-19-16(3-1)22-13-15-11-18(14-23-15)4-8-21(9-5-18)12-17-20-7-10-24-17/h1-3,6-7,10,15H,4-5,8-9,11-14H2/t15-/m1/s1. The second-order valence-corrected chi connectivity index (χ2v) is 7.80. The SMILES string of the molecule is c1ccc(OC[C@H]2CC3(CCN(Cc4nccs4)CC3)CO2)nc1. The van der Waals surface area contributed by atoms with Gasteiger partial charge in [0, 0.05) is 23.8 Å². The predicted molar refractivity (Wildman–Crippen MR) is 93.1 cm³/mol. The molecule has 2 aliphatic heterocycles. The molecular weight excluding hydrogens is 322 g/mol. The van der Waals surface area contributed by atoms with Crippen LogP contribution in [0.3, 0.4) is 0 Å². The molecule has 24 heavy (non-hydrogen) atoms. The predicted octanol–water partition coefficient (Wildman–Crippen LogP) is 2.99. The van der Waals surface area contributed by atoms with Gasteiger partial charge in [-0.25, -0.2) is 9.97 Å². The second-order valence-electron chi connectivity index (χ2n) is 6.82. The Hall–Kier alpha value is -1.50. The van der Waals surface area contributed by atoms with Gasteiger partial charge in [0.1, 0.15) is 11.6 Å². The molecule has 1 atom stereocenters. The maximum Gasteiger partial charge on any atom is 0.213 e. The topological polar surface area (TPSA) is 47.5 Å². The van der Waals surface area contributed by atoms with Gasteiger partial charge in [-0.3, -0.25) is 4.90 Å². The van der Waals surface area contributed by atoms with E-state index >= 15 is 0 Å². The first-order chi connectivity index (χ1) is 11.8. The van der Waals surface area contributed by atoms with Gasteiger partial charge in [0.05, 0.1) is 19.3 Å². The summed E-state index contributed by atoms with van der Waals surface area (Å²) in [6, 6.07) is 5.73. The van der Waals surface area contributed by atoms with Crippen LogP contribution in [0.4, 0.5) is 0 Å². The molecule has 2 saturated heterocycles. The Kier molecular flexibility index (Phi) is 4.78. The molecule has 2 aliphatic rings. The Labute approximate surface area is 146 Å². The van der Waals surface area contributed by atoms with Crippen molar-refractivity contribution in [2.75, 3.05) is 26.3 Å². The normalized spacial score (nSPS) is 23.6. The van der Waals surface area contributed by atoms with E-state index in [-0.39, 0.29) is 6.10 Å². The van der Waals surface area contributed by atoms with Gasteiger partial charge in [0.15, 0.2) is 0 Å². The third kappa shape index (κ3) is 3.77. The maximum atomic E-state index is 6.03. The van der Waals surface area contributed by atoms with E-state index in [0.717, 1.165) is 32.7 Å². The number of hydrogen-bond acceptors (Lipinski definition) is 6. The van der Waals surface area contributed by atoms with Crippen molar-refractivity contribution in [3.63, 3.8) is 0 Å². The molecule has 0 unspecified atom stereocenters. The van der Waals surface area contributed by atoms with Crippen LogP contribution in [0, 0.1) is 5.41 Å². The van der Waals surface area contributed by atoms with Crippen molar-refractivity contribution in [2.24, 2.45) is 5.41 Å². The first-order valence-corrected chi connectivity index (χ1v) is 9.46. The maximum absolute atomic E-state index is 6.03. The quantitative estimate of drug-likeness (QED) is 0.834. The van der Waals surface area contributed by atoms with Gasteiger partial charge in [0.25, 0.3) is 0 Å². The number of likely N-dealkylation sites (tertiary alicyclic amines) is 1. The molecule has 0 radical (unpaired) electrons. The van der Waals surface area contributed by atoms with Crippen LogP contribution >= 0.6 is 11.3 Å². The van der Waals surface area contributed by atoms with E-state index in [2.05, 4.69) is 20.2 Å². The summed E-state index contributed by atoms with van der Waals surface area (Å²) in [6.07, 6.45) is 7.35. The van der Waals surface area contributed by atoms with Crippen molar-refractivity contribution < 1.29 is 9.47 Å². The van der Waals surface area contributed by atoms with Crippen molar-refractivity contribution >= 4 is 11.3 Å². The Bertz CT molecular complexity index is 627. The fraction of sp³-hybridized carbons (Fsp3) is 0.556. The molecule has 5 nitrogen and oxygen atoms in total. The average molecular weight is 345 g/mol. The Morgan fingerprint density at radius 3 is 2.92 bits per heavy atom. The number of rotatable bonds is 5. The van der Waals surface area contributed by atoms with Crippen molar-refractivity contribution in [3.8, 4) is 5.88 Å². The molecule has 0 amide bonds. The van der Waals surface area contributed by atoms with Gasteiger partial charge in [-0.15, -0.1) is 11.3 Å². The third-order valence-corrected chi connectivity index (χ3v) is 5.86. The summed E-state index contributed by atoms with van der Waals surface area (Å²) < 4.78 is 11.8. The number of pyridine rings is 1. The van der Waals surface area contributed by atoms with E-state index in [1.54, 1.807) is 17.5 Å². The Morgan fingerprint density at radius 2 is 2.17 bits per heavy atom. The summed E-state index contributed by atoms with van der Waals surface area (Å²) in [7, 11) is 0. The minimum atomic E-state index is 0.192. The first-order valence-electron chi connectivity index (χ1n) is 8.58. The van der Waals surface area contributed by atoms with E-state index in [4.69, 9.17) is 9.47 Å². The van der Waals surface area contributed by atoms with Gasteiger partial charge in [-0.05, 0) is 43.8 Å². The lowest BCUT2D eigenvalue weighted by atomic mass is 9.77. The molecule has 1 spiro atoms. The fourth-order valence-corrected chi connectivity index (χ4v) is 4.33. The van der Waals surface area contributed by atoms with E-state index in [1.807, 2.05) is 24.4 Å². The highest BCUT2D eigenvalue weighted by molar-refractivity contribution is 7.09. The molecule has 4 rings (SSSR count). The molecular formula is C18H23N3O2S. The molecule has 2 aromatic rings. The number of aromatic nitrogens is 2. The van der Waals surface area contributed by atoms with Gasteiger partial charge in [-0.2, -0.15) is 0 Å².